The van der Waals surface area contributed by atoms with Crippen molar-refractivity contribution in [1.29, 1.82) is 0 Å². The first-order valence-electron chi connectivity index (χ1n) is 11.4. The standard InChI is InChI=1S/C26H29ClN2O5/c1-17-16-20(33-2)8-9-21(17)24(30)22-23(18-4-6-19(27)7-5-18)29(26(32)25(22)31)11-3-10-28-12-14-34-15-13-28/h4-9,16,23,30H,3,10-15H2,1-2H3/b24-22+/t23-/m1/s1. The van der Waals surface area contributed by atoms with Gasteiger partial charge >= 0.3 is 0 Å². The SMILES string of the molecule is COc1ccc(/C(O)=C2\C(=O)C(=O)N(CCCN3CCOCC3)[C@@H]2c2ccc(Cl)cc2)c(C)c1. The maximum absolute atomic E-state index is 13.2. The van der Waals surface area contributed by atoms with E-state index in [1.54, 1.807) is 54.5 Å². The molecule has 1 amide bonds. The number of carbonyl (C=O) groups is 2. The summed E-state index contributed by atoms with van der Waals surface area (Å²) >= 11 is 6.09. The Labute approximate surface area is 204 Å². The molecule has 0 radical (unpaired) electrons. The molecule has 1 atom stereocenters. The summed E-state index contributed by atoms with van der Waals surface area (Å²) in [7, 11) is 1.57. The Hall–Kier alpha value is -2.87. The van der Waals surface area contributed by atoms with E-state index >= 15 is 0 Å². The van der Waals surface area contributed by atoms with E-state index in [4.69, 9.17) is 21.1 Å². The van der Waals surface area contributed by atoms with Crippen LogP contribution in [0.25, 0.3) is 5.76 Å². The maximum Gasteiger partial charge on any atom is 0.295 e. The Morgan fingerprint density at radius 3 is 2.47 bits per heavy atom. The number of amides is 1. The Kier molecular flexibility index (Phi) is 7.56. The molecule has 1 N–H and O–H groups in total. The van der Waals surface area contributed by atoms with Crippen molar-refractivity contribution in [2.75, 3.05) is 46.5 Å². The molecule has 2 aromatic rings. The van der Waals surface area contributed by atoms with Crippen molar-refractivity contribution in [2.45, 2.75) is 19.4 Å². The van der Waals surface area contributed by atoms with Crippen molar-refractivity contribution in [3.63, 3.8) is 0 Å². The molecular formula is C26H29ClN2O5. The average Bonchev–Trinajstić information content (AvgIpc) is 3.09. The second-order valence-electron chi connectivity index (χ2n) is 8.53. The van der Waals surface area contributed by atoms with E-state index < -0.39 is 17.7 Å². The van der Waals surface area contributed by atoms with Crippen LogP contribution in [0, 0.1) is 6.92 Å². The van der Waals surface area contributed by atoms with Crippen LogP contribution < -0.4 is 4.74 Å². The van der Waals surface area contributed by atoms with Gasteiger partial charge in [-0.3, -0.25) is 14.5 Å². The molecule has 2 aliphatic heterocycles. The number of nitrogens with zero attached hydrogens (tertiary/aromatic N) is 2. The number of ether oxygens (including phenoxy) is 2. The van der Waals surface area contributed by atoms with Crippen LogP contribution >= 0.6 is 11.6 Å². The molecule has 0 unspecified atom stereocenters. The highest BCUT2D eigenvalue weighted by molar-refractivity contribution is 6.46. The number of likely N-dealkylation sites (tertiary alicyclic amines) is 1. The number of hydrogen-bond acceptors (Lipinski definition) is 6. The van der Waals surface area contributed by atoms with Gasteiger partial charge in [0.05, 0.1) is 31.9 Å². The van der Waals surface area contributed by atoms with Crippen LogP contribution in [0.2, 0.25) is 5.02 Å². The second kappa shape index (κ2) is 10.6. The minimum atomic E-state index is -0.691. The number of methoxy groups -OCH3 is 1. The normalized spacial score (nSPS) is 20.7. The monoisotopic (exact) mass is 484 g/mol. The van der Waals surface area contributed by atoms with E-state index in [9.17, 15) is 14.7 Å². The van der Waals surface area contributed by atoms with E-state index in [-0.39, 0.29) is 11.3 Å². The molecule has 2 aromatic carbocycles. The number of benzene rings is 2. The smallest absolute Gasteiger partial charge is 0.295 e. The quantitative estimate of drug-likeness (QED) is 0.366. The van der Waals surface area contributed by atoms with Crippen LogP contribution in [-0.4, -0.2) is 73.1 Å². The third-order valence-electron chi connectivity index (χ3n) is 6.39. The van der Waals surface area contributed by atoms with E-state index in [0.717, 1.165) is 30.8 Å². The first kappa shape index (κ1) is 24.3. The third kappa shape index (κ3) is 4.97. The number of aryl methyl sites for hydroxylation is 1. The molecule has 34 heavy (non-hydrogen) atoms. The molecule has 0 aliphatic carbocycles. The van der Waals surface area contributed by atoms with E-state index in [0.29, 0.717) is 42.5 Å². The van der Waals surface area contributed by atoms with Gasteiger partial charge in [-0.25, -0.2) is 0 Å². The molecule has 2 saturated heterocycles. The molecule has 2 fully saturated rings. The Bertz CT molecular complexity index is 1090. The van der Waals surface area contributed by atoms with Gasteiger partial charge in [0.2, 0.25) is 0 Å². The molecular weight excluding hydrogens is 456 g/mol. The lowest BCUT2D eigenvalue weighted by Gasteiger charge is -2.29. The summed E-state index contributed by atoms with van der Waals surface area (Å²) in [6, 6.07) is 11.6. The summed E-state index contributed by atoms with van der Waals surface area (Å²) in [5.74, 6) is -0.824. The van der Waals surface area contributed by atoms with E-state index in [1.807, 2.05) is 6.92 Å². The lowest BCUT2D eigenvalue weighted by molar-refractivity contribution is -0.140. The lowest BCUT2D eigenvalue weighted by atomic mass is 9.94. The zero-order valence-corrected chi connectivity index (χ0v) is 20.2. The topological polar surface area (TPSA) is 79.3 Å². The lowest BCUT2D eigenvalue weighted by Crippen LogP contribution is -2.38. The molecule has 2 aliphatic rings. The van der Waals surface area contributed by atoms with Crippen LogP contribution in [0.3, 0.4) is 0 Å². The zero-order valence-electron chi connectivity index (χ0n) is 19.4. The van der Waals surface area contributed by atoms with Crippen LogP contribution in [0.5, 0.6) is 5.75 Å². The summed E-state index contributed by atoms with van der Waals surface area (Å²) in [5, 5.41) is 11.8. The van der Waals surface area contributed by atoms with Crippen molar-refractivity contribution >= 4 is 29.1 Å². The van der Waals surface area contributed by atoms with Crippen LogP contribution in [-0.2, 0) is 14.3 Å². The summed E-state index contributed by atoms with van der Waals surface area (Å²) < 4.78 is 10.7. The van der Waals surface area contributed by atoms with Crippen molar-refractivity contribution in [2.24, 2.45) is 0 Å². The number of morpholine rings is 1. The van der Waals surface area contributed by atoms with Crippen LogP contribution in [0.15, 0.2) is 48.0 Å². The van der Waals surface area contributed by atoms with Gasteiger partial charge in [-0.1, -0.05) is 23.7 Å². The number of rotatable bonds is 7. The molecule has 2 heterocycles. The highest BCUT2D eigenvalue weighted by Crippen LogP contribution is 2.40. The summed E-state index contributed by atoms with van der Waals surface area (Å²) in [6.07, 6.45) is 0.707. The summed E-state index contributed by atoms with van der Waals surface area (Å²) in [4.78, 5) is 30.2. The molecule has 0 spiro atoms. The van der Waals surface area contributed by atoms with Gasteiger partial charge in [0.15, 0.2) is 0 Å². The van der Waals surface area contributed by atoms with Gasteiger partial charge in [-0.15, -0.1) is 0 Å². The summed E-state index contributed by atoms with van der Waals surface area (Å²) in [6.45, 7) is 6.15. The number of hydrogen-bond donors (Lipinski definition) is 1. The van der Waals surface area contributed by atoms with Gasteiger partial charge in [0.25, 0.3) is 11.7 Å². The van der Waals surface area contributed by atoms with Crippen LogP contribution in [0.4, 0.5) is 0 Å². The van der Waals surface area contributed by atoms with Crippen molar-refractivity contribution in [3.8, 4) is 5.75 Å². The van der Waals surface area contributed by atoms with Gasteiger partial charge in [-0.05, 0) is 54.8 Å². The highest BCUT2D eigenvalue weighted by atomic mass is 35.5. The van der Waals surface area contributed by atoms with Gasteiger partial charge < -0.3 is 19.5 Å². The second-order valence-corrected chi connectivity index (χ2v) is 8.97. The Balaban J connectivity index is 1.69. The van der Waals surface area contributed by atoms with Gasteiger partial charge in [0.1, 0.15) is 11.5 Å². The van der Waals surface area contributed by atoms with Crippen molar-refractivity contribution in [3.05, 3.63) is 69.8 Å². The zero-order chi connectivity index (χ0) is 24.2. The molecule has 0 bridgehead atoms. The fourth-order valence-corrected chi connectivity index (χ4v) is 4.69. The maximum atomic E-state index is 13.2. The fourth-order valence-electron chi connectivity index (χ4n) is 4.57. The van der Waals surface area contributed by atoms with Crippen molar-refractivity contribution in [1.82, 2.24) is 9.80 Å². The van der Waals surface area contributed by atoms with E-state index in [1.165, 1.54) is 0 Å². The molecule has 4 rings (SSSR count). The molecule has 0 aromatic heterocycles. The number of ketones is 1. The number of halogens is 1. The molecule has 180 valence electrons. The largest absolute Gasteiger partial charge is 0.507 e. The number of Topliss-reactive ketones (excluding diaryl/α,β-unsaturated/α-hetero) is 1. The van der Waals surface area contributed by atoms with Crippen LogP contribution in [0.1, 0.15) is 29.2 Å². The minimum Gasteiger partial charge on any atom is -0.507 e. The molecule has 7 nitrogen and oxygen atoms in total. The third-order valence-corrected chi connectivity index (χ3v) is 6.64. The fraction of sp³-hybridized carbons (Fsp3) is 0.385. The Morgan fingerprint density at radius 2 is 1.82 bits per heavy atom. The Morgan fingerprint density at radius 1 is 1.12 bits per heavy atom. The molecule has 0 saturated carbocycles. The minimum absolute atomic E-state index is 0.0898. The summed E-state index contributed by atoms with van der Waals surface area (Å²) in [5.41, 5.74) is 2.05. The molecule has 8 heteroatoms. The number of aliphatic hydroxyl groups excluding tert-OH is 1. The van der Waals surface area contributed by atoms with Crippen molar-refractivity contribution < 1.29 is 24.2 Å². The number of aliphatic hydroxyl groups is 1. The van der Waals surface area contributed by atoms with Gasteiger partial charge in [0, 0.05) is 36.8 Å². The average molecular weight is 485 g/mol. The highest BCUT2D eigenvalue weighted by Gasteiger charge is 2.46. The van der Waals surface area contributed by atoms with E-state index in [2.05, 4.69) is 4.90 Å². The first-order chi connectivity index (χ1) is 16.4. The number of carbonyl (C=O) groups excluding carboxylic acids is 2. The van der Waals surface area contributed by atoms with Gasteiger partial charge in [-0.2, -0.15) is 0 Å². The predicted octanol–water partition coefficient (Wildman–Crippen LogP) is 3.80. The first-order valence-corrected chi connectivity index (χ1v) is 11.8. The predicted molar refractivity (Wildman–Crippen MR) is 130 cm³/mol.